The summed E-state index contributed by atoms with van der Waals surface area (Å²) in [5.41, 5.74) is 0.797. The number of hydrogen-bond acceptors (Lipinski definition) is 4. The third-order valence-electron chi connectivity index (χ3n) is 3.64. The minimum absolute atomic E-state index is 0.0817. The van der Waals surface area contributed by atoms with Crippen LogP contribution in [0.1, 0.15) is 12.5 Å². The zero-order valence-corrected chi connectivity index (χ0v) is 13.5. The van der Waals surface area contributed by atoms with Crippen LogP contribution in [0.4, 0.5) is 4.39 Å². The molecule has 1 aromatic carbocycles. The first-order valence-electron chi connectivity index (χ1n) is 6.78. The van der Waals surface area contributed by atoms with Gasteiger partial charge in [0.05, 0.1) is 17.5 Å². The third kappa shape index (κ3) is 2.97. The lowest BCUT2D eigenvalue weighted by atomic mass is 10.1. The maximum atomic E-state index is 14.1. The van der Waals surface area contributed by atoms with Crippen molar-refractivity contribution in [2.75, 3.05) is 20.3 Å². The quantitative estimate of drug-likeness (QED) is 0.828. The van der Waals surface area contributed by atoms with E-state index in [2.05, 4.69) is 0 Å². The van der Waals surface area contributed by atoms with Crippen molar-refractivity contribution in [3.05, 3.63) is 41.2 Å². The van der Waals surface area contributed by atoms with Gasteiger partial charge in [-0.05, 0) is 26.0 Å². The van der Waals surface area contributed by atoms with Gasteiger partial charge in [-0.1, -0.05) is 17.7 Å². The summed E-state index contributed by atoms with van der Waals surface area (Å²) in [7, 11) is -2.53. The summed E-state index contributed by atoms with van der Waals surface area (Å²) in [6, 6.07) is 5.45. The monoisotopic (exact) mass is 327 g/mol. The van der Waals surface area contributed by atoms with E-state index in [-0.39, 0.29) is 17.1 Å². The third-order valence-corrected chi connectivity index (χ3v) is 5.57. The molecule has 1 aliphatic rings. The molecule has 5 nitrogen and oxygen atoms in total. The van der Waals surface area contributed by atoms with Gasteiger partial charge in [0, 0.05) is 12.7 Å². The van der Waals surface area contributed by atoms with Crippen molar-refractivity contribution in [1.82, 2.24) is 4.31 Å². The number of carbonyl (C=O) groups is 1. The van der Waals surface area contributed by atoms with Gasteiger partial charge in [0.1, 0.15) is 12.4 Å². The van der Waals surface area contributed by atoms with Crippen LogP contribution >= 0.6 is 0 Å². The highest BCUT2D eigenvalue weighted by atomic mass is 32.2. The van der Waals surface area contributed by atoms with Crippen LogP contribution in [-0.4, -0.2) is 44.8 Å². The molecule has 1 aromatic rings. The van der Waals surface area contributed by atoms with Gasteiger partial charge in [-0.15, -0.1) is 0 Å². The Morgan fingerprint density at radius 3 is 2.50 bits per heavy atom. The zero-order valence-electron chi connectivity index (χ0n) is 12.7. The second kappa shape index (κ2) is 6.28. The Labute approximate surface area is 129 Å². The maximum Gasteiger partial charge on any atom is 0.244 e. The molecule has 120 valence electrons. The van der Waals surface area contributed by atoms with Crippen molar-refractivity contribution >= 4 is 15.8 Å². The normalized spacial score (nSPS) is 19.7. The molecule has 2 rings (SSSR count). The second-order valence-corrected chi connectivity index (χ2v) is 7.10. The van der Waals surface area contributed by atoms with E-state index in [0.717, 1.165) is 9.87 Å². The van der Waals surface area contributed by atoms with Gasteiger partial charge in [0.15, 0.2) is 5.78 Å². The van der Waals surface area contributed by atoms with Crippen LogP contribution in [0.25, 0.3) is 0 Å². The topological polar surface area (TPSA) is 63.7 Å². The molecule has 22 heavy (non-hydrogen) atoms. The summed E-state index contributed by atoms with van der Waals surface area (Å²) in [6.45, 7) is 2.65. The van der Waals surface area contributed by atoms with E-state index < -0.39 is 34.2 Å². The van der Waals surface area contributed by atoms with Crippen LogP contribution in [0.3, 0.4) is 0 Å². The predicted molar refractivity (Wildman–Crippen MR) is 79.5 cm³/mol. The summed E-state index contributed by atoms with van der Waals surface area (Å²) < 4.78 is 45.0. The molecule has 0 radical (unpaired) electrons. The lowest BCUT2D eigenvalue weighted by molar-refractivity contribution is -0.119. The number of sulfonamides is 1. The maximum absolute atomic E-state index is 14.1. The van der Waals surface area contributed by atoms with Gasteiger partial charge in [-0.2, -0.15) is 4.31 Å². The van der Waals surface area contributed by atoms with Gasteiger partial charge in [-0.25, -0.2) is 12.8 Å². The Bertz CT molecular complexity index is 710. The van der Waals surface area contributed by atoms with Gasteiger partial charge in [0.25, 0.3) is 0 Å². The highest BCUT2D eigenvalue weighted by Crippen LogP contribution is 2.31. The number of Topliss-reactive ketones (excluding diaryl/α,β-unsaturated/α-hetero) is 1. The van der Waals surface area contributed by atoms with Crippen LogP contribution in [0.5, 0.6) is 0 Å². The van der Waals surface area contributed by atoms with E-state index in [0.29, 0.717) is 0 Å². The number of halogens is 1. The summed E-state index contributed by atoms with van der Waals surface area (Å²) in [6.07, 6.45) is 0. The molecular weight excluding hydrogens is 309 g/mol. The standard InChI is InChI=1S/C15H18FNO4S/c1-10-4-6-12(7-5-10)22(19,20)17-8-13(16)15(11(17)2)14(18)9-21-3/h4-7,11H,8-9H2,1-3H3. The molecule has 7 heteroatoms. The van der Waals surface area contributed by atoms with Gasteiger partial charge >= 0.3 is 0 Å². The van der Waals surface area contributed by atoms with Gasteiger partial charge in [-0.3, -0.25) is 4.79 Å². The molecule has 0 aromatic heterocycles. The van der Waals surface area contributed by atoms with Crippen molar-refractivity contribution in [2.24, 2.45) is 0 Å². The molecule has 0 amide bonds. The number of ketones is 1. The first-order valence-corrected chi connectivity index (χ1v) is 8.22. The average Bonchev–Trinajstić information content (AvgIpc) is 2.75. The Morgan fingerprint density at radius 1 is 1.36 bits per heavy atom. The molecule has 0 bridgehead atoms. The minimum atomic E-state index is -3.86. The molecule has 0 N–H and O–H groups in total. The van der Waals surface area contributed by atoms with E-state index in [1.165, 1.54) is 26.2 Å². The lowest BCUT2D eigenvalue weighted by Gasteiger charge is -2.22. The summed E-state index contributed by atoms with van der Waals surface area (Å²) in [5.74, 6) is -1.25. The van der Waals surface area contributed by atoms with Crippen molar-refractivity contribution in [3.63, 3.8) is 0 Å². The molecule has 0 saturated carbocycles. The molecule has 0 aliphatic carbocycles. The largest absolute Gasteiger partial charge is 0.377 e. The van der Waals surface area contributed by atoms with Crippen molar-refractivity contribution in [2.45, 2.75) is 24.8 Å². The highest BCUT2D eigenvalue weighted by Gasteiger charge is 2.41. The lowest BCUT2D eigenvalue weighted by Crippen LogP contribution is -2.37. The Morgan fingerprint density at radius 2 is 1.95 bits per heavy atom. The summed E-state index contributed by atoms with van der Waals surface area (Å²) >= 11 is 0. The fourth-order valence-corrected chi connectivity index (χ4v) is 4.02. The van der Waals surface area contributed by atoms with Crippen LogP contribution in [0.15, 0.2) is 40.6 Å². The molecule has 1 atom stereocenters. The fraction of sp³-hybridized carbons (Fsp3) is 0.400. The Hall–Kier alpha value is -1.57. The summed E-state index contributed by atoms with van der Waals surface area (Å²) in [4.78, 5) is 12.0. The van der Waals surface area contributed by atoms with Crippen LogP contribution in [-0.2, 0) is 19.6 Å². The number of carbonyl (C=O) groups excluding carboxylic acids is 1. The van der Waals surface area contributed by atoms with E-state index >= 15 is 0 Å². The zero-order chi connectivity index (χ0) is 16.5. The Kier molecular flexibility index (Phi) is 4.79. The first-order chi connectivity index (χ1) is 10.3. The van der Waals surface area contributed by atoms with Crippen LogP contribution in [0.2, 0.25) is 0 Å². The van der Waals surface area contributed by atoms with E-state index in [9.17, 15) is 17.6 Å². The van der Waals surface area contributed by atoms with Crippen molar-refractivity contribution in [1.29, 1.82) is 0 Å². The van der Waals surface area contributed by atoms with Gasteiger partial charge < -0.3 is 4.74 Å². The molecule has 1 unspecified atom stereocenters. The number of methoxy groups -OCH3 is 1. The number of hydrogen-bond donors (Lipinski definition) is 0. The predicted octanol–water partition coefficient (Wildman–Crippen LogP) is 1.83. The number of aryl methyl sites for hydroxylation is 1. The van der Waals surface area contributed by atoms with Crippen molar-refractivity contribution in [3.8, 4) is 0 Å². The van der Waals surface area contributed by atoms with E-state index in [4.69, 9.17) is 4.74 Å². The number of ether oxygens (including phenoxy) is 1. The SMILES string of the molecule is COCC(=O)C1=C(F)CN(S(=O)(=O)c2ccc(C)cc2)C1C. The highest BCUT2D eigenvalue weighted by molar-refractivity contribution is 7.89. The van der Waals surface area contributed by atoms with Crippen molar-refractivity contribution < 1.29 is 22.3 Å². The number of benzene rings is 1. The molecule has 0 spiro atoms. The summed E-state index contributed by atoms with van der Waals surface area (Å²) in [5, 5.41) is 0. The molecule has 1 aliphatic heterocycles. The molecule has 0 fully saturated rings. The fourth-order valence-electron chi connectivity index (χ4n) is 2.46. The van der Waals surface area contributed by atoms with E-state index in [1.807, 2.05) is 6.92 Å². The number of rotatable bonds is 5. The molecule has 0 saturated heterocycles. The smallest absolute Gasteiger partial charge is 0.244 e. The Balaban J connectivity index is 2.32. The molecular formula is C15H18FNO4S. The second-order valence-electron chi connectivity index (χ2n) is 5.21. The minimum Gasteiger partial charge on any atom is -0.377 e. The van der Waals surface area contributed by atoms with Gasteiger partial charge in [0.2, 0.25) is 10.0 Å². The van der Waals surface area contributed by atoms with Crippen LogP contribution < -0.4 is 0 Å². The molecule has 1 heterocycles. The average molecular weight is 327 g/mol. The first kappa shape index (κ1) is 16.8. The van der Waals surface area contributed by atoms with Crippen LogP contribution in [0, 0.1) is 6.92 Å². The van der Waals surface area contributed by atoms with E-state index in [1.54, 1.807) is 12.1 Å². The number of nitrogens with zero attached hydrogens (tertiary/aromatic N) is 1.